The van der Waals surface area contributed by atoms with Gasteiger partial charge in [-0.15, -0.1) is 0 Å². The highest BCUT2D eigenvalue weighted by Crippen LogP contribution is 2.23. The Labute approximate surface area is 85.1 Å². The molecule has 0 saturated heterocycles. The molecule has 0 atom stereocenters. The van der Waals surface area contributed by atoms with Gasteiger partial charge in [-0.1, -0.05) is 17.1 Å². The predicted molar refractivity (Wildman–Crippen MR) is 47.8 cm³/mol. The molecule has 0 saturated carbocycles. The highest BCUT2D eigenvalue weighted by molar-refractivity contribution is 9.10. The topological polar surface area (TPSA) is 0 Å². The summed E-state index contributed by atoms with van der Waals surface area (Å²) in [6, 6.07) is 2.13. The second-order valence-electron chi connectivity index (χ2n) is 2.33. The zero-order chi connectivity index (χ0) is 10.2. The summed E-state index contributed by atoms with van der Waals surface area (Å²) in [6.45, 7) is -5.41. The maximum absolute atomic E-state index is 12.9. The van der Waals surface area contributed by atoms with Crippen molar-refractivity contribution >= 4 is 40.0 Å². The van der Waals surface area contributed by atoms with Crippen LogP contribution >= 0.6 is 27.5 Å². The third-order valence-electron chi connectivity index (χ3n) is 1.41. The molecule has 72 valence electrons. The van der Waals surface area contributed by atoms with Crippen LogP contribution in [0.4, 0.5) is 17.3 Å². The molecule has 13 heavy (non-hydrogen) atoms. The Morgan fingerprint density at radius 3 is 2.15 bits per heavy atom. The molecule has 1 aromatic carbocycles. The van der Waals surface area contributed by atoms with E-state index >= 15 is 0 Å². The van der Waals surface area contributed by atoms with Gasteiger partial charge in [0.15, 0.2) is 0 Å². The van der Waals surface area contributed by atoms with E-state index in [0.29, 0.717) is 0 Å². The molecule has 0 aromatic heterocycles. The van der Waals surface area contributed by atoms with Gasteiger partial charge in [0.05, 0.1) is 4.47 Å². The molecule has 0 amide bonds. The van der Waals surface area contributed by atoms with E-state index < -0.39 is 23.3 Å². The molecule has 0 N–H and O–H groups in total. The maximum atomic E-state index is 12.9. The van der Waals surface area contributed by atoms with Crippen LogP contribution in [-0.4, -0.2) is 6.98 Å². The minimum atomic E-state index is -5.41. The molecule has 7 heteroatoms. The van der Waals surface area contributed by atoms with Gasteiger partial charge in [0.1, 0.15) is 5.82 Å². The van der Waals surface area contributed by atoms with Gasteiger partial charge in [0, 0.05) is 5.02 Å². The Morgan fingerprint density at radius 1 is 1.23 bits per heavy atom. The minimum absolute atomic E-state index is 0.244. The van der Waals surface area contributed by atoms with Crippen LogP contribution in [0.5, 0.6) is 0 Å². The molecule has 0 aliphatic heterocycles. The van der Waals surface area contributed by atoms with Crippen LogP contribution in [0.1, 0.15) is 0 Å². The summed E-state index contributed by atoms with van der Waals surface area (Å²) in [5.41, 5.74) is -1.38. The summed E-state index contributed by atoms with van der Waals surface area (Å²) in [4.78, 5) is 0. The maximum Gasteiger partial charge on any atom is 0.514 e. The fourth-order valence-electron chi connectivity index (χ4n) is 0.843. The van der Waals surface area contributed by atoms with E-state index in [1.807, 2.05) is 0 Å². The van der Waals surface area contributed by atoms with E-state index in [9.17, 15) is 17.3 Å². The summed E-state index contributed by atoms with van der Waals surface area (Å²) in [6.07, 6.45) is 0. The van der Waals surface area contributed by atoms with Crippen molar-refractivity contribution in [3.8, 4) is 0 Å². The van der Waals surface area contributed by atoms with Crippen LogP contribution in [0.3, 0.4) is 0 Å². The Morgan fingerprint density at radius 2 is 1.77 bits per heavy atom. The number of benzene rings is 1. The van der Waals surface area contributed by atoms with Gasteiger partial charge in [-0.3, -0.25) is 0 Å². The van der Waals surface area contributed by atoms with Crippen LogP contribution in [0.2, 0.25) is 5.02 Å². The fourth-order valence-corrected chi connectivity index (χ4v) is 1.46. The van der Waals surface area contributed by atoms with Gasteiger partial charge < -0.3 is 12.9 Å². The van der Waals surface area contributed by atoms with Crippen molar-refractivity contribution < 1.29 is 17.3 Å². The second kappa shape index (κ2) is 3.50. The third-order valence-corrected chi connectivity index (χ3v) is 2.35. The van der Waals surface area contributed by atoms with Crippen LogP contribution < -0.4 is 5.46 Å². The normalized spacial score (nSPS) is 11.8. The summed E-state index contributed by atoms with van der Waals surface area (Å²) in [5.74, 6) is -1.36. The van der Waals surface area contributed by atoms with Gasteiger partial charge in [-0.2, -0.15) is 0 Å². The first-order valence-electron chi connectivity index (χ1n) is 3.17. The summed E-state index contributed by atoms with van der Waals surface area (Å²) < 4.78 is 49.3. The average molecular weight is 276 g/mol. The largest absolute Gasteiger partial charge is 0.514 e. The molecule has 0 nitrogen and oxygen atoms in total. The fraction of sp³-hybridized carbons (Fsp3) is 0. The first-order valence-corrected chi connectivity index (χ1v) is 4.34. The lowest BCUT2D eigenvalue weighted by Gasteiger charge is -2.17. The number of hydrogen-bond acceptors (Lipinski definition) is 0. The lowest BCUT2D eigenvalue weighted by Crippen LogP contribution is -2.37. The van der Waals surface area contributed by atoms with E-state index in [4.69, 9.17) is 11.6 Å². The van der Waals surface area contributed by atoms with E-state index in [-0.39, 0.29) is 4.47 Å². The van der Waals surface area contributed by atoms with Gasteiger partial charge in [-0.05, 0) is 28.1 Å². The van der Waals surface area contributed by atoms with Crippen molar-refractivity contribution in [3.63, 3.8) is 0 Å². The summed E-state index contributed by atoms with van der Waals surface area (Å²) in [7, 11) is 0. The zero-order valence-electron chi connectivity index (χ0n) is 6.00. The van der Waals surface area contributed by atoms with Crippen molar-refractivity contribution in [2.24, 2.45) is 0 Å². The quantitative estimate of drug-likeness (QED) is 0.419. The average Bonchev–Trinajstić information content (AvgIpc) is 1.95. The molecule has 0 radical (unpaired) electrons. The summed E-state index contributed by atoms with van der Waals surface area (Å²) in [5, 5.41) is -0.617. The highest BCUT2D eigenvalue weighted by Gasteiger charge is 2.32. The van der Waals surface area contributed by atoms with E-state index in [0.717, 1.165) is 12.1 Å². The molecule has 0 heterocycles. The van der Waals surface area contributed by atoms with Crippen molar-refractivity contribution in [1.82, 2.24) is 0 Å². The molecule has 1 aromatic rings. The Bertz CT molecular complexity index is 338. The molecule has 1 rings (SSSR count). The molecule has 0 bridgehead atoms. The molecular weight excluding hydrogens is 274 g/mol. The van der Waals surface area contributed by atoms with Crippen molar-refractivity contribution in [1.29, 1.82) is 0 Å². The number of rotatable bonds is 1. The van der Waals surface area contributed by atoms with E-state index in [1.165, 1.54) is 0 Å². The van der Waals surface area contributed by atoms with Gasteiger partial charge >= 0.3 is 6.98 Å². The molecule has 0 fully saturated rings. The van der Waals surface area contributed by atoms with Crippen molar-refractivity contribution in [2.75, 3.05) is 0 Å². The van der Waals surface area contributed by atoms with Crippen LogP contribution in [0, 0.1) is 5.82 Å². The summed E-state index contributed by atoms with van der Waals surface area (Å²) >= 11 is 7.87. The van der Waals surface area contributed by atoms with Gasteiger partial charge in [0.2, 0.25) is 0 Å². The molecule has 0 unspecified atom stereocenters. The van der Waals surface area contributed by atoms with E-state index in [1.54, 1.807) is 0 Å². The van der Waals surface area contributed by atoms with Crippen LogP contribution in [-0.2, 0) is 0 Å². The first-order chi connectivity index (χ1) is 5.84. The predicted octanol–water partition coefficient (Wildman–Crippen LogP) is 3.30. The molecule has 0 spiro atoms. The minimum Gasteiger partial charge on any atom is -0.445 e. The lowest BCUT2D eigenvalue weighted by molar-refractivity contribution is 0.493. The highest BCUT2D eigenvalue weighted by atomic mass is 79.9. The van der Waals surface area contributed by atoms with Crippen molar-refractivity contribution in [3.05, 3.63) is 27.4 Å². The second-order valence-corrected chi connectivity index (χ2v) is 3.59. The SMILES string of the molecule is Fc1c(Br)ccc(Cl)c1[B-](F)(F)F. The smallest absolute Gasteiger partial charge is 0.445 e. The lowest BCUT2D eigenvalue weighted by atomic mass is 9.80. The van der Waals surface area contributed by atoms with Gasteiger partial charge in [0.25, 0.3) is 0 Å². The Kier molecular flexibility index (Phi) is 2.92. The van der Waals surface area contributed by atoms with Crippen LogP contribution in [0.25, 0.3) is 0 Å². The molecule has 0 aliphatic rings. The van der Waals surface area contributed by atoms with Crippen molar-refractivity contribution in [2.45, 2.75) is 0 Å². The number of halogens is 6. The standard InChI is InChI=1S/C6H2BBrClF4/c8-3-1-2-4(9)5(6(3)10)7(11,12)13/h1-2H/q-1. The molecule has 0 aliphatic carbocycles. The third kappa shape index (κ3) is 2.17. The van der Waals surface area contributed by atoms with Gasteiger partial charge in [-0.25, -0.2) is 4.39 Å². The number of hydrogen-bond donors (Lipinski definition) is 0. The van der Waals surface area contributed by atoms with E-state index in [2.05, 4.69) is 15.9 Å². The zero-order valence-corrected chi connectivity index (χ0v) is 8.34. The molecular formula is C6H2BBrClF4-. The Hall–Kier alpha value is -0.225. The monoisotopic (exact) mass is 275 g/mol. The van der Waals surface area contributed by atoms with Crippen LogP contribution in [0.15, 0.2) is 16.6 Å². The Balaban J connectivity index is 3.43. The first kappa shape index (κ1) is 10.9.